The van der Waals surface area contributed by atoms with Crippen molar-refractivity contribution in [2.75, 3.05) is 5.32 Å². The van der Waals surface area contributed by atoms with E-state index in [9.17, 15) is 13.6 Å². The second-order valence-corrected chi connectivity index (χ2v) is 6.09. The third kappa shape index (κ3) is 3.68. The molecule has 1 amide bonds. The molecule has 0 atom stereocenters. The molecule has 134 valence electrons. The number of carbonyl (C=O) groups is 1. The standard InChI is InChI=1S/C17H11Cl2F2N3O2/c1-8-2-3-9-10(4-5-13(14(9)23-8)26-17(20)21)16(25)24-15-11(18)6-22-7-12(15)19/h2-7,17H,1H3,(H,22,24,25). The lowest BCUT2D eigenvalue weighted by Gasteiger charge is -2.13. The number of pyridine rings is 2. The summed E-state index contributed by atoms with van der Waals surface area (Å²) in [6.07, 6.45) is 2.68. The fourth-order valence-corrected chi connectivity index (χ4v) is 2.85. The molecular formula is C17H11Cl2F2N3O2. The summed E-state index contributed by atoms with van der Waals surface area (Å²) < 4.78 is 29.7. The van der Waals surface area contributed by atoms with Crippen LogP contribution in [0.2, 0.25) is 10.0 Å². The van der Waals surface area contributed by atoms with Gasteiger partial charge in [-0.15, -0.1) is 0 Å². The molecule has 1 N–H and O–H groups in total. The van der Waals surface area contributed by atoms with Crippen molar-refractivity contribution in [2.45, 2.75) is 13.5 Å². The topological polar surface area (TPSA) is 64.1 Å². The van der Waals surface area contributed by atoms with Crippen LogP contribution in [0, 0.1) is 6.92 Å². The number of hydrogen-bond donors (Lipinski definition) is 1. The van der Waals surface area contributed by atoms with Crippen molar-refractivity contribution in [3.8, 4) is 5.75 Å². The number of aryl methyl sites for hydroxylation is 1. The smallest absolute Gasteiger partial charge is 0.387 e. The zero-order valence-electron chi connectivity index (χ0n) is 13.3. The van der Waals surface area contributed by atoms with Crippen LogP contribution in [0.4, 0.5) is 14.5 Å². The van der Waals surface area contributed by atoms with Gasteiger partial charge in [-0.25, -0.2) is 4.98 Å². The second kappa shape index (κ2) is 7.39. The van der Waals surface area contributed by atoms with Crippen molar-refractivity contribution in [1.29, 1.82) is 0 Å². The van der Waals surface area contributed by atoms with Crippen LogP contribution >= 0.6 is 23.2 Å². The van der Waals surface area contributed by atoms with E-state index in [0.29, 0.717) is 11.1 Å². The van der Waals surface area contributed by atoms with Gasteiger partial charge in [0.2, 0.25) is 0 Å². The summed E-state index contributed by atoms with van der Waals surface area (Å²) in [6.45, 7) is -1.30. The van der Waals surface area contributed by atoms with Gasteiger partial charge >= 0.3 is 6.61 Å². The Bertz CT molecular complexity index is 979. The average Bonchev–Trinajstić information content (AvgIpc) is 2.58. The van der Waals surface area contributed by atoms with Crippen LogP contribution in [0.25, 0.3) is 10.9 Å². The molecule has 0 saturated heterocycles. The van der Waals surface area contributed by atoms with E-state index >= 15 is 0 Å². The van der Waals surface area contributed by atoms with Crippen LogP contribution in [-0.4, -0.2) is 22.5 Å². The summed E-state index contributed by atoms with van der Waals surface area (Å²) in [6, 6.07) is 5.92. The van der Waals surface area contributed by atoms with Gasteiger partial charge < -0.3 is 10.1 Å². The van der Waals surface area contributed by atoms with Gasteiger partial charge in [-0.1, -0.05) is 29.3 Å². The molecule has 0 radical (unpaired) electrons. The lowest BCUT2D eigenvalue weighted by Crippen LogP contribution is -2.14. The van der Waals surface area contributed by atoms with E-state index in [1.807, 2.05) is 0 Å². The molecular weight excluding hydrogens is 387 g/mol. The van der Waals surface area contributed by atoms with Crippen molar-refractivity contribution in [2.24, 2.45) is 0 Å². The SMILES string of the molecule is Cc1ccc2c(C(=O)Nc3c(Cl)cncc3Cl)ccc(OC(F)F)c2n1. The number of fused-ring (bicyclic) bond motifs is 1. The number of benzene rings is 1. The van der Waals surface area contributed by atoms with Gasteiger partial charge in [0.1, 0.15) is 5.52 Å². The molecule has 0 bridgehead atoms. The minimum absolute atomic E-state index is 0.116. The highest BCUT2D eigenvalue weighted by Gasteiger charge is 2.18. The first-order valence-electron chi connectivity index (χ1n) is 7.32. The quantitative estimate of drug-likeness (QED) is 0.664. The Morgan fingerprint density at radius 2 is 1.85 bits per heavy atom. The number of amides is 1. The molecule has 5 nitrogen and oxygen atoms in total. The number of ether oxygens (including phenoxy) is 1. The molecule has 0 aliphatic rings. The normalized spacial score (nSPS) is 11.0. The molecule has 26 heavy (non-hydrogen) atoms. The van der Waals surface area contributed by atoms with Gasteiger partial charge in [0.05, 0.1) is 15.7 Å². The van der Waals surface area contributed by atoms with Crippen LogP contribution < -0.4 is 10.1 Å². The second-order valence-electron chi connectivity index (χ2n) is 5.27. The molecule has 3 aromatic rings. The summed E-state index contributed by atoms with van der Waals surface area (Å²) in [4.78, 5) is 20.7. The van der Waals surface area contributed by atoms with Gasteiger partial charge in [0.15, 0.2) is 5.75 Å². The van der Waals surface area contributed by atoms with Crippen molar-refractivity contribution in [1.82, 2.24) is 9.97 Å². The predicted octanol–water partition coefficient (Wildman–Crippen LogP) is 5.10. The lowest BCUT2D eigenvalue weighted by molar-refractivity contribution is -0.0489. The maximum Gasteiger partial charge on any atom is 0.387 e. The number of alkyl halides is 2. The van der Waals surface area contributed by atoms with Gasteiger partial charge in [-0.3, -0.25) is 9.78 Å². The number of hydrogen-bond acceptors (Lipinski definition) is 4. The third-order valence-corrected chi connectivity index (χ3v) is 4.09. The summed E-state index contributed by atoms with van der Waals surface area (Å²) in [5.41, 5.74) is 1.16. The monoisotopic (exact) mass is 397 g/mol. The number of carbonyl (C=O) groups excluding carboxylic acids is 1. The summed E-state index contributed by atoms with van der Waals surface area (Å²) in [7, 11) is 0. The van der Waals surface area contributed by atoms with Crippen molar-refractivity contribution >= 4 is 45.7 Å². The molecule has 0 unspecified atom stereocenters. The van der Waals surface area contributed by atoms with Crippen molar-refractivity contribution < 1.29 is 18.3 Å². The minimum Gasteiger partial charge on any atom is -0.432 e. The third-order valence-electron chi connectivity index (χ3n) is 3.51. The zero-order valence-corrected chi connectivity index (χ0v) is 14.8. The van der Waals surface area contributed by atoms with E-state index in [2.05, 4.69) is 20.0 Å². The summed E-state index contributed by atoms with van der Waals surface area (Å²) in [5, 5.41) is 3.29. The average molecular weight is 398 g/mol. The number of nitrogens with one attached hydrogen (secondary N) is 1. The van der Waals surface area contributed by atoms with E-state index in [-0.39, 0.29) is 32.6 Å². The van der Waals surface area contributed by atoms with Gasteiger partial charge in [0, 0.05) is 29.0 Å². The Morgan fingerprint density at radius 3 is 2.50 bits per heavy atom. The number of anilines is 1. The van der Waals surface area contributed by atoms with E-state index < -0.39 is 12.5 Å². The first-order chi connectivity index (χ1) is 12.4. The Labute approximate surface area is 156 Å². The highest BCUT2D eigenvalue weighted by Crippen LogP contribution is 2.32. The van der Waals surface area contributed by atoms with E-state index in [1.54, 1.807) is 19.1 Å². The molecule has 0 fully saturated rings. The molecule has 0 aliphatic carbocycles. The number of nitrogens with zero attached hydrogens (tertiary/aromatic N) is 2. The van der Waals surface area contributed by atoms with Gasteiger partial charge in [-0.05, 0) is 25.1 Å². The van der Waals surface area contributed by atoms with Crippen molar-refractivity contribution in [3.63, 3.8) is 0 Å². The Morgan fingerprint density at radius 1 is 1.15 bits per heavy atom. The first-order valence-corrected chi connectivity index (χ1v) is 8.08. The number of rotatable bonds is 4. The Hall–Kier alpha value is -2.51. The molecule has 2 aromatic heterocycles. The highest BCUT2D eigenvalue weighted by atomic mass is 35.5. The minimum atomic E-state index is -3.00. The number of aromatic nitrogens is 2. The van der Waals surface area contributed by atoms with E-state index in [0.717, 1.165) is 0 Å². The number of halogens is 4. The molecule has 3 rings (SSSR count). The first kappa shape index (κ1) is 18.3. The lowest BCUT2D eigenvalue weighted by atomic mass is 10.1. The maximum atomic E-state index is 12.7. The molecule has 0 spiro atoms. The Kier molecular flexibility index (Phi) is 5.20. The zero-order chi connectivity index (χ0) is 18.8. The predicted molar refractivity (Wildman–Crippen MR) is 95.3 cm³/mol. The largest absolute Gasteiger partial charge is 0.432 e. The van der Waals surface area contributed by atoms with Gasteiger partial charge in [-0.2, -0.15) is 8.78 Å². The fraction of sp³-hybridized carbons (Fsp3) is 0.118. The highest BCUT2D eigenvalue weighted by molar-refractivity contribution is 6.39. The maximum absolute atomic E-state index is 12.7. The fourth-order valence-electron chi connectivity index (χ4n) is 2.39. The molecule has 1 aromatic carbocycles. The van der Waals surface area contributed by atoms with Crippen LogP contribution in [0.15, 0.2) is 36.7 Å². The van der Waals surface area contributed by atoms with E-state index in [4.69, 9.17) is 23.2 Å². The van der Waals surface area contributed by atoms with Crippen LogP contribution in [0.3, 0.4) is 0 Å². The summed E-state index contributed by atoms with van der Waals surface area (Å²) in [5.74, 6) is -0.644. The van der Waals surface area contributed by atoms with Crippen molar-refractivity contribution in [3.05, 3.63) is 58.0 Å². The van der Waals surface area contributed by atoms with Crippen LogP contribution in [-0.2, 0) is 0 Å². The molecule has 2 heterocycles. The Balaban J connectivity index is 2.06. The summed E-state index contributed by atoms with van der Waals surface area (Å²) >= 11 is 12.0. The van der Waals surface area contributed by atoms with Crippen LogP contribution in [0.5, 0.6) is 5.75 Å². The van der Waals surface area contributed by atoms with E-state index in [1.165, 1.54) is 24.5 Å². The molecule has 0 aliphatic heterocycles. The molecule has 9 heteroatoms. The molecule has 0 saturated carbocycles. The van der Waals surface area contributed by atoms with Crippen LogP contribution in [0.1, 0.15) is 16.1 Å². The van der Waals surface area contributed by atoms with Gasteiger partial charge in [0.25, 0.3) is 5.91 Å².